The molecule has 2 N–H and O–H groups in total. The van der Waals surface area contributed by atoms with E-state index < -0.39 is 46.1 Å². The van der Waals surface area contributed by atoms with Crippen molar-refractivity contribution in [2.75, 3.05) is 0 Å². The van der Waals surface area contributed by atoms with Crippen LogP contribution in [0.15, 0.2) is 47.7 Å². The molecule has 3 fully saturated rings. The average Bonchev–Trinajstić information content (AvgIpc) is 3.13. The van der Waals surface area contributed by atoms with Crippen LogP contribution < -0.4 is 5.56 Å². The first-order valence-electron chi connectivity index (χ1n) is 9.57. The van der Waals surface area contributed by atoms with Crippen LogP contribution in [-0.2, 0) is 17.6 Å². The molecule has 2 heterocycles. The van der Waals surface area contributed by atoms with Crippen molar-refractivity contribution in [3.63, 3.8) is 0 Å². The largest absolute Gasteiger partial charge is 0.377 e. The van der Waals surface area contributed by atoms with Crippen molar-refractivity contribution in [2.24, 2.45) is 5.41 Å². The minimum atomic E-state index is -3.80. The van der Waals surface area contributed by atoms with Crippen molar-refractivity contribution in [2.45, 2.75) is 42.7 Å². The summed E-state index contributed by atoms with van der Waals surface area (Å²) in [4.78, 5) is 14.6. The van der Waals surface area contributed by atoms with E-state index in [-0.39, 0.29) is 24.8 Å². The van der Waals surface area contributed by atoms with E-state index in [0.29, 0.717) is 6.07 Å². The van der Waals surface area contributed by atoms with Crippen molar-refractivity contribution in [3.8, 4) is 0 Å². The van der Waals surface area contributed by atoms with E-state index in [9.17, 15) is 18.7 Å². The number of aromatic amines is 1. The van der Waals surface area contributed by atoms with Gasteiger partial charge in [0.25, 0.3) is 5.92 Å². The topological polar surface area (TPSA) is 96.7 Å². The minimum Gasteiger partial charge on any atom is -0.377 e. The van der Waals surface area contributed by atoms with Crippen LogP contribution in [0.2, 0.25) is 0 Å². The van der Waals surface area contributed by atoms with Crippen LogP contribution in [0.3, 0.4) is 0 Å². The van der Waals surface area contributed by atoms with Crippen molar-refractivity contribution in [3.05, 3.63) is 76.0 Å². The van der Waals surface area contributed by atoms with E-state index in [1.54, 1.807) is 6.07 Å². The summed E-state index contributed by atoms with van der Waals surface area (Å²) in [5.41, 5.74) is -5.45. The summed E-state index contributed by atoms with van der Waals surface area (Å²) in [5.74, 6) is -6.03. The highest BCUT2D eigenvalue weighted by atomic mass is 19.3. The molecule has 0 amide bonds. The highest BCUT2D eigenvalue weighted by Gasteiger charge is 2.82. The third-order valence-corrected chi connectivity index (χ3v) is 6.75. The zero-order chi connectivity index (χ0) is 22.1. The van der Waals surface area contributed by atoms with E-state index in [0.717, 1.165) is 28.8 Å². The summed E-state index contributed by atoms with van der Waals surface area (Å²) in [6.45, 7) is -0.865. The monoisotopic (exact) mass is 435 g/mol. The second-order valence-electron chi connectivity index (χ2n) is 8.56. The van der Waals surface area contributed by atoms with E-state index in [1.807, 2.05) is 0 Å². The minimum absolute atomic E-state index is 0.0505. The number of H-pyrrole nitrogens is 1. The fourth-order valence-electron chi connectivity index (χ4n) is 5.25. The Bertz CT molecular complexity index is 1170. The van der Waals surface area contributed by atoms with Gasteiger partial charge in [0.2, 0.25) is 5.56 Å². The second kappa shape index (κ2) is 6.22. The molecule has 3 aliphatic rings. The molecule has 0 aliphatic heterocycles. The number of benzene rings is 1. The van der Waals surface area contributed by atoms with Gasteiger partial charge in [-0.25, -0.2) is 17.6 Å². The molecule has 3 saturated carbocycles. The van der Waals surface area contributed by atoms with Gasteiger partial charge in [0, 0.05) is 29.3 Å². The molecule has 7 nitrogen and oxygen atoms in total. The molecule has 31 heavy (non-hydrogen) atoms. The first-order valence-corrected chi connectivity index (χ1v) is 9.57. The molecule has 2 bridgehead atoms. The fourth-order valence-corrected chi connectivity index (χ4v) is 5.25. The van der Waals surface area contributed by atoms with Crippen LogP contribution >= 0.6 is 0 Å². The number of aliphatic hydroxyl groups is 1. The highest BCUT2D eigenvalue weighted by molar-refractivity contribution is 5.42. The van der Waals surface area contributed by atoms with Crippen molar-refractivity contribution >= 4 is 0 Å². The number of tetrazole rings is 1. The van der Waals surface area contributed by atoms with Crippen LogP contribution in [0, 0.1) is 17.0 Å². The standard InChI is InChI=1S/C20H17F4N5O2/c21-13-2-3-14(15(22)5-13)19(31,10-29-27-11-26-28-29)20(23,24)18-7-17(8-18,9-18)12-1-4-16(30)25-6-12/h1-6,11,31H,7-10H2,(H,25,30). The van der Waals surface area contributed by atoms with Crippen LogP contribution in [0.5, 0.6) is 0 Å². The number of alkyl halides is 2. The molecular weight excluding hydrogens is 418 g/mol. The lowest BCUT2D eigenvalue weighted by Gasteiger charge is -2.74. The highest BCUT2D eigenvalue weighted by Crippen LogP contribution is 2.80. The van der Waals surface area contributed by atoms with Gasteiger partial charge in [0.1, 0.15) is 18.2 Å². The Hall–Kier alpha value is -3.08. The molecule has 3 aliphatic carbocycles. The van der Waals surface area contributed by atoms with Crippen LogP contribution in [0.25, 0.3) is 0 Å². The van der Waals surface area contributed by atoms with Crippen LogP contribution in [0.1, 0.15) is 30.4 Å². The summed E-state index contributed by atoms with van der Waals surface area (Å²) >= 11 is 0. The van der Waals surface area contributed by atoms with Gasteiger partial charge < -0.3 is 10.1 Å². The quantitative estimate of drug-likeness (QED) is 0.579. The Morgan fingerprint density at radius 2 is 1.90 bits per heavy atom. The number of halogens is 4. The van der Waals surface area contributed by atoms with E-state index in [2.05, 4.69) is 20.4 Å². The van der Waals surface area contributed by atoms with Gasteiger partial charge in [-0.1, -0.05) is 6.07 Å². The molecule has 1 aromatic carbocycles. The fraction of sp³-hybridized carbons (Fsp3) is 0.400. The average molecular weight is 435 g/mol. The predicted octanol–water partition coefficient (Wildman–Crippen LogP) is 2.28. The molecule has 0 saturated heterocycles. The maximum atomic E-state index is 16.0. The summed E-state index contributed by atoms with van der Waals surface area (Å²) < 4.78 is 60.0. The maximum absolute atomic E-state index is 16.0. The van der Waals surface area contributed by atoms with E-state index >= 15 is 8.78 Å². The number of aromatic nitrogens is 5. The summed E-state index contributed by atoms with van der Waals surface area (Å²) in [5, 5.41) is 21.9. The second-order valence-corrected chi connectivity index (χ2v) is 8.56. The molecule has 2 aromatic heterocycles. The van der Waals surface area contributed by atoms with Crippen LogP contribution in [-0.4, -0.2) is 36.2 Å². The number of hydrogen-bond acceptors (Lipinski definition) is 5. The predicted molar refractivity (Wildman–Crippen MR) is 98.0 cm³/mol. The normalized spacial score (nSPS) is 26.6. The Morgan fingerprint density at radius 3 is 2.48 bits per heavy atom. The summed E-state index contributed by atoms with van der Waals surface area (Å²) in [6.07, 6.45) is 2.67. The summed E-state index contributed by atoms with van der Waals surface area (Å²) in [7, 11) is 0. The van der Waals surface area contributed by atoms with E-state index in [1.165, 1.54) is 12.3 Å². The van der Waals surface area contributed by atoms with Gasteiger partial charge >= 0.3 is 0 Å². The maximum Gasteiger partial charge on any atom is 0.287 e. The molecule has 0 radical (unpaired) electrons. The third kappa shape index (κ3) is 2.62. The number of nitrogens with one attached hydrogen (secondary N) is 1. The molecule has 1 unspecified atom stereocenters. The molecular formula is C20H17F4N5O2. The Morgan fingerprint density at radius 1 is 1.16 bits per heavy atom. The van der Waals surface area contributed by atoms with Crippen molar-refractivity contribution in [1.82, 2.24) is 25.2 Å². The molecule has 162 valence electrons. The lowest BCUT2D eigenvalue weighted by molar-refractivity contribution is -0.348. The Balaban J connectivity index is 1.52. The zero-order valence-corrected chi connectivity index (χ0v) is 16.0. The summed E-state index contributed by atoms with van der Waals surface area (Å²) in [6, 6.07) is 5.03. The first-order chi connectivity index (χ1) is 14.6. The molecule has 11 heteroatoms. The lowest BCUT2D eigenvalue weighted by atomic mass is 9.30. The van der Waals surface area contributed by atoms with E-state index in [4.69, 9.17) is 0 Å². The zero-order valence-electron chi connectivity index (χ0n) is 16.0. The first kappa shape index (κ1) is 19.9. The van der Waals surface area contributed by atoms with Gasteiger partial charge in [-0.3, -0.25) is 4.79 Å². The number of hydrogen-bond donors (Lipinski definition) is 2. The molecule has 3 aromatic rings. The molecule has 0 spiro atoms. The van der Waals surface area contributed by atoms with Crippen LogP contribution in [0.4, 0.5) is 17.6 Å². The lowest BCUT2D eigenvalue weighted by Crippen LogP contribution is -2.76. The van der Waals surface area contributed by atoms with Crippen molar-refractivity contribution < 1.29 is 22.7 Å². The number of pyridine rings is 1. The van der Waals surface area contributed by atoms with Gasteiger partial charge in [-0.2, -0.15) is 4.80 Å². The van der Waals surface area contributed by atoms with Gasteiger partial charge in [0.05, 0.1) is 0 Å². The Labute approximate surface area is 172 Å². The van der Waals surface area contributed by atoms with Crippen molar-refractivity contribution in [1.29, 1.82) is 0 Å². The van der Waals surface area contributed by atoms with Gasteiger partial charge in [0.15, 0.2) is 11.9 Å². The van der Waals surface area contributed by atoms with Gasteiger partial charge in [-0.15, -0.1) is 10.2 Å². The van der Waals surface area contributed by atoms with Gasteiger partial charge in [-0.05, 0) is 47.6 Å². The third-order valence-electron chi connectivity index (χ3n) is 6.75. The molecule has 1 atom stereocenters. The number of nitrogens with zero attached hydrogens (tertiary/aromatic N) is 4. The SMILES string of the molecule is O=c1ccc(C23CC(C(F)(F)C(O)(Cn4ncnn4)c4ccc(F)cc4F)(C2)C3)c[nH]1. The molecule has 6 rings (SSSR count). The Kier molecular flexibility index (Phi) is 3.98. The number of rotatable bonds is 6. The smallest absolute Gasteiger partial charge is 0.287 e.